The van der Waals surface area contributed by atoms with Crippen molar-refractivity contribution in [2.45, 2.75) is 40.0 Å². The third kappa shape index (κ3) is 3.88. The van der Waals surface area contributed by atoms with Crippen molar-refractivity contribution in [3.05, 3.63) is 22.8 Å². The van der Waals surface area contributed by atoms with Crippen LogP contribution < -0.4 is 4.90 Å². The van der Waals surface area contributed by atoms with Crippen LogP contribution in [0.1, 0.15) is 50.4 Å². The maximum atomic E-state index is 10.9. The van der Waals surface area contributed by atoms with Crippen molar-refractivity contribution in [2.24, 2.45) is 11.3 Å². The molecule has 21 heavy (non-hydrogen) atoms. The Bertz CT molecular complexity index is 525. The second-order valence-electron chi connectivity index (χ2n) is 6.82. The SMILES string of the molecule is CC(C)(C)C1CCCN(c2ncc(C(=O)O)cc2Cl)CC1. The molecule has 0 radical (unpaired) electrons. The Hall–Kier alpha value is -1.29. The fourth-order valence-electron chi connectivity index (χ4n) is 2.95. The molecular formula is C16H23ClN2O2. The Balaban J connectivity index is 2.14. The van der Waals surface area contributed by atoms with Gasteiger partial charge in [0, 0.05) is 19.3 Å². The van der Waals surface area contributed by atoms with Gasteiger partial charge in [0.1, 0.15) is 5.82 Å². The monoisotopic (exact) mass is 310 g/mol. The molecule has 116 valence electrons. The molecule has 0 bridgehead atoms. The summed E-state index contributed by atoms with van der Waals surface area (Å²) in [6.45, 7) is 8.72. The molecule has 0 saturated carbocycles. The standard InChI is InChI=1S/C16H23ClN2O2/c1-16(2,3)12-5-4-7-19(8-6-12)14-13(17)9-11(10-18-14)15(20)21/h9-10,12H,4-8H2,1-3H3,(H,20,21). The lowest BCUT2D eigenvalue weighted by Gasteiger charge is -2.30. The van der Waals surface area contributed by atoms with Gasteiger partial charge in [-0.15, -0.1) is 0 Å². The number of aromatic nitrogens is 1. The largest absolute Gasteiger partial charge is 0.478 e. The van der Waals surface area contributed by atoms with Gasteiger partial charge >= 0.3 is 5.97 Å². The number of hydrogen-bond acceptors (Lipinski definition) is 3. The number of carboxylic acids is 1. The Kier molecular flexibility index (Phi) is 4.77. The number of rotatable bonds is 2. The van der Waals surface area contributed by atoms with Crippen molar-refractivity contribution >= 4 is 23.4 Å². The summed E-state index contributed by atoms with van der Waals surface area (Å²) in [5.74, 6) is 0.399. The third-order valence-electron chi connectivity index (χ3n) is 4.32. The van der Waals surface area contributed by atoms with Gasteiger partial charge in [-0.05, 0) is 36.7 Å². The molecule has 0 aliphatic carbocycles. The van der Waals surface area contributed by atoms with E-state index in [-0.39, 0.29) is 5.56 Å². The van der Waals surface area contributed by atoms with E-state index in [9.17, 15) is 4.79 Å². The van der Waals surface area contributed by atoms with Crippen LogP contribution in [0.2, 0.25) is 5.02 Å². The summed E-state index contributed by atoms with van der Waals surface area (Å²) >= 11 is 6.22. The van der Waals surface area contributed by atoms with Crippen LogP contribution >= 0.6 is 11.6 Å². The Morgan fingerprint density at radius 3 is 2.67 bits per heavy atom. The first kappa shape index (κ1) is 16.1. The highest BCUT2D eigenvalue weighted by atomic mass is 35.5. The summed E-state index contributed by atoms with van der Waals surface area (Å²) in [6.07, 6.45) is 4.82. The molecule has 2 heterocycles. The number of nitrogens with zero attached hydrogens (tertiary/aromatic N) is 2. The minimum absolute atomic E-state index is 0.131. The van der Waals surface area contributed by atoms with Crippen molar-refractivity contribution in [3.63, 3.8) is 0 Å². The molecule has 1 aromatic rings. The number of halogens is 1. The van der Waals surface area contributed by atoms with Crippen LogP contribution in [0.4, 0.5) is 5.82 Å². The van der Waals surface area contributed by atoms with Gasteiger partial charge in [-0.1, -0.05) is 32.4 Å². The van der Waals surface area contributed by atoms with Crippen LogP contribution in [0, 0.1) is 11.3 Å². The van der Waals surface area contributed by atoms with E-state index >= 15 is 0 Å². The highest BCUT2D eigenvalue weighted by Gasteiger charge is 2.28. The maximum Gasteiger partial charge on any atom is 0.337 e. The van der Waals surface area contributed by atoms with Gasteiger partial charge in [0.25, 0.3) is 0 Å². The van der Waals surface area contributed by atoms with Crippen molar-refractivity contribution in [1.82, 2.24) is 4.98 Å². The zero-order valence-corrected chi connectivity index (χ0v) is 13.7. The van der Waals surface area contributed by atoms with Gasteiger partial charge in [-0.25, -0.2) is 9.78 Å². The topological polar surface area (TPSA) is 53.4 Å². The molecule has 1 atom stereocenters. The van der Waals surface area contributed by atoms with E-state index in [1.165, 1.54) is 18.7 Å². The second-order valence-corrected chi connectivity index (χ2v) is 7.22. The van der Waals surface area contributed by atoms with Crippen molar-refractivity contribution < 1.29 is 9.90 Å². The zero-order valence-electron chi connectivity index (χ0n) is 12.9. The average Bonchev–Trinajstić information content (AvgIpc) is 2.63. The average molecular weight is 311 g/mol. The van der Waals surface area contributed by atoms with E-state index in [1.54, 1.807) is 0 Å². The van der Waals surface area contributed by atoms with E-state index in [1.807, 2.05) is 0 Å². The first-order chi connectivity index (χ1) is 9.79. The third-order valence-corrected chi connectivity index (χ3v) is 4.60. The van der Waals surface area contributed by atoms with Crippen LogP contribution in [0.25, 0.3) is 0 Å². The Morgan fingerprint density at radius 2 is 2.10 bits per heavy atom. The van der Waals surface area contributed by atoms with Crippen molar-refractivity contribution in [3.8, 4) is 0 Å². The van der Waals surface area contributed by atoms with Crippen LogP contribution in [-0.2, 0) is 0 Å². The van der Waals surface area contributed by atoms with Crippen LogP contribution in [0.3, 0.4) is 0 Å². The fourth-order valence-corrected chi connectivity index (χ4v) is 3.24. The number of aromatic carboxylic acids is 1. The lowest BCUT2D eigenvalue weighted by atomic mass is 9.77. The molecule has 1 aromatic heterocycles. The molecule has 1 unspecified atom stereocenters. The predicted molar refractivity (Wildman–Crippen MR) is 85.2 cm³/mol. The summed E-state index contributed by atoms with van der Waals surface area (Å²) in [5.41, 5.74) is 0.451. The van der Waals surface area contributed by atoms with Gasteiger partial charge in [0.2, 0.25) is 0 Å². The quantitative estimate of drug-likeness (QED) is 0.894. The molecular weight excluding hydrogens is 288 g/mol. The molecule has 1 aliphatic rings. The van der Waals surface area contributed by atoms with E-state index in [0.29, 0.717) is 22.2 Å². The summed E-state index contributed by atoms with van der Waals surface area (Å²) in [6, 6.07) is 1.48. The Morgan fingerprint density at radius 1 is 1.38 bits per heavy atom. The molecule has 4 nitrogen and oxygen atoms in total. The van der Waals surface area contributed by atoms with Gasteiger partial charge in [0.15, 0.2) is 0 Å². The summed E-state index contributed by atoms with van der Waals surface area (Å²) in [7, 11) is 0. The number of hydrogen-bond donors (Lipinski definition) is 1. The number of anilines is 1. The highest BCUT2D eigenvalue weighted by molar-refractivity contribution is 6.33. The van der Waals surface area contributed by atoms with Gasteiger partial charge in [0.05, 0.1) is 10.6 Å². The summed E-state index contributed by atoms with van der Waals surface area (Å²) in [4.78, 5) is 17.4. The molecule has 0 amide bonds. The maximum absolute atomic E-state index is 10.9. The van der Waals surface area contributed by atoms with Gasteiger partial charge in [-0.3, -0.25) is 0 Å². The molecule has 1 fully saturated rings. The summed E-state index contributed by atoms with van der Waals surface area (Å²) < 4.78 is 0. The number of pyridine rings is 1. The van der Waals surface area contributed by atoms with Gasteiger partial charge in [-0.2, -0.15) is 0 Å². The predicted octanol–water partition coefficient (Wildman–Crippen LogP) is 4.09. The van der Waals surface area contributed by atoms with Crippen molar-refractivity contribution in [1.29, 1.82) is 0 Å². The van der Waals surface area contributed by atoms with Crippen LogP contribution in [0.15, 0.2) is 12.3 Å². The second kappa shape index (κ2) is 6.22. The first-order valence-corrected chi connectivity index (χ1v) is 7.80. The fraction of sp³-hybridized carbons (Fsp3) is 0.625. The summed E-state index contributed by atoms with van der Waals surface area (Å²) in [5, 5.41) is 9.39. The van der Waals surface area contributed by atoms with Crippen molar-refractivity contribution in [2.75, 3.05) is 18.0 Å². The zero-order chi connectivity index (χ0) is 15.6. The van der Waals surface area contributed by atoms with Gasteiger partial charge < -0.3 is 10.0 Å². The van der Waals surface area contributed by atoms with E-state index in [4.69, 9.17) is 16.7 Å². The molecule has 2 rings (SSSR count). The minimum Gasteiger partial charge on any atom is -0.478 e. The first-order valence-electron chi connectivity index (χ1n) is 7.43. The molecule has 0 spiro atoms. The van der Waals surface area contributed by atoms with E-state index in [2.05, 4.69) is 30.7 Å². The Labute approximate surface area is 131 Å². The normalized spacial score (nSPS) is 20.2. The van der Waals surface area contributed by atoms with Crippen LogP contribution in [-0.4, -0.2) is 29.1 Å². The lowest BCUT2D eigenvalue weighted by Crippen LogP contribution is -2.27. The molecule has 5 heteroatoms. The molecule has 1 N–H and O–H groups in total. The molecule has 1 aliphatic heterocycles. The smallest absolute Gasteiger partial charge is 0.337 e. The van der Waals surface area contributed by atoms with Crippen LogP contribution in [0.5, 0.6) is 0 Å². The molecule has 0 aromatic carbocycles. The lowest BCUT2D eigenvalue weighted by molar-refractivity contribution is 0.0696. The highest BCUT2D eigenvalue weighted by Crippen LogP contribution is 2.36. The number of carboxylic acid groups (broad SMARTS) is 1. The van der Waals surface area contributed by atoms with E-state index in [0.717, 1.165) is 25.9 Å². The minimum atomic E-state index is -1.00. The van der Waals surface area contributed by atoms with E-state index < -0.39 is 5.97 Å². The number of carbonyl (C=O) groups is 1. The molecule has 1 saturated heterocycles.